The summed E-state index contributed by atoms with van der Waals surface area (Å²) in [7, 11) is 1.72. The SMILES string of the molecule is Cc1ccc(C(=O)N(C)Cc2cccc(O)c2)cc1N. The monoisotopic (exact) mass is 270 g/mol. The minimum absolute atomic E-state index is 0.0972. The molecule has 0 bridgehead atoms. The van der Waals surface area contributed by atoms with Gasteiger partial charge in [0.1, 0.15) is 5.75 Å². The Balaban J connectivity index is 2.14. The van der Waals surface area contributed by atoms with E-state index < -0.39 is 0 Å². The van der Waals surface area contributed by atoms with Crippen LogP contribution in [0.5, 0.6) is 5.75 Å². The van der Waals surface area contributed by atoms with Crippen molar-refractivity contribution in [2.75, 3.05) is 12.8 Å². The number of phenols is 1. The normalized spacial score (nSPS) is 10.3. The highest BCUT2D eigenvalue weighted by Gasteiger charge is 2.13. The van der Waals surface area contributed by atoms with Gasteiger partial charge in [0.05, 0.1) is 0 Å². The summed E-state index contributed by atoms with van der Waals surface area (Å²) in [6, 6.07) is 12.2. The Morgan fingerprint density at radius 2 is 2.00 bits per heavy atom. The van der Waals surface area contributed by atoms with Gasteiger partial charge in [-0.1, -0.05) is 18.2 Å². The molecule has 0 unspecified atom stereocenters. The van der Waals surface area contributed by atoms with Crippen LogP contribution in [0.4, 0.5) is 5.69 Å². The maximum atomic E-state index is 12.3. The lowest BCUT2D eigenvalue weighted by Gasteiger charge is -2.18. The Kier molecular flexibility index (Phi) is 3.94. The topological polar surface area (TPSA) is 66.6 Å². The molecular formula is C16H18N2O2. The van der Waals surface area contributed by atoms with Crippen LogP contribution in [0.15, 0.2) is 42.5 Å². The van der Waals surface area contributed by atoms with Crippen LogP contribution in [0.2, 0.25) is 0 Å². The molecule has 0 aromatic heterocycles. The van der Waals surface area contributed by atoms with Gasteiger partial charge in [0, 0.05) is 24.8 Å². The molecule has 20 heavy (non-hydrogen) atoms. The summed E-state index contributed by atoms with van der Waals surface area (Å²) < 4.78 is 0. The van der Waals surface area contributed by atoms with Crippen molar-refractivity contribution in [2.24, 2.45) is 0 Å². The third-order valence-corrected chi connectivity index (χ3v) is 3.20. The number of benzene rings is 2. The van der Waals surface area contributed by atoms with Gasteiger partial charge in [-0.2, -0.15) is 0 Å². The molecule has 1 amide bonds. The van der Waals surface area contributed by atoms with E-state index in [9.17, 15) is 9.90 Å². The predicted molar refractivity (Wildman–Crippen MR) is 79.5 cm³/mol. The first-order chi connectivity index (χ1) is 9.47. The molecular weight excluding hydrogens is 252 g/mol. The summed E-state index contributed by atoms with van der Waals surface area (Å²) in [5.74, 6) is 0.1000. The van der Waals surface area contributed by atoms with Crippen LogP contribution < -0.4 is 5.73 Å². The van der Waals surface area contributed by atoms with Crippen LogP contribution >= 0.6 is 0 Å². The third kappa shape index (κ3) is 3.09. The van der Waals surface area contributed by atoms with E-state index in [1.165, 1.54) is 0 Å². The highest BCUT2D eigenvalue weighted by atomic mass is 16.3. The zero-order chi connectivity index (χ0) is 14.7. The number of hydrogen-bond donors (Lipinski definition) is 2. The van der Waals surface area contributed by atoms with Gasteiger partial charge in [0.2, 0.25) is 0 Å². The molecule has 104 valence electrons. The summed E-state index contributed by atoms with van der Waals surface area (Å²) >= 11 is 0. The minimum atomic E-state index is -0.0972. The van der Waals surface area contributed by atoms with E-state index in [2.05, 4.69) is 0 Å². The number of aryl methyl sites for hydroxylation is 1. The molecule has 4 nitrogen and oxygen atoms in total. The number of carbonyl (C=O) groups excluding carboxylic acids is 1. The Morgan fingerprint density at radius 1 is 1.25 bits per heavy atom. The number of aromatic hydroxyl groups is 1. The van der Waals surface area contributed by atoms with Crippen LogP contribution in [-0.4, -0.2) is 23.0 Å². The van der Waals surface area contributed by atoms with E-state index in [1.54, 1.807) is 42.3 Å². The van der Waals surface area contributed by atoms with Crippen molar-refractivity contribution in [3.05, 3.63) is 59.2 Å². The van der Waals surface area contributed by atoms with E-state index in [0.717, 1.165) is 11.1 Å². The highest BCUT2D eigenvalue weighted by Crippen LogP contribution is 2.16. The van der Waals surface area contributed by atoms with Crippen LogP contribution in [0.3, 0.4) is 0 Å². The first-order valence-electron chi connectivity index (χ1n) is 6.37. The number of phenolic OH excluding ortho intramolecular Hbond substituents is 1. The van der Waals surface area contributed by atoms with Crippen molar-refractivity contribution in [1.82, 2.24) is 4.90 Å². The van der Waals surface area contributed by atoms with Crippen molar-refractivity contribution in [1.29, 1.82) is 0 Å². The lowest BCUT2D eigenvalue weighted by Crippen LogP contribution is -2.26. The van der Waals surface area contributed by atoms with Crippen molar-refractivity contribution in [2.45, 2.75) is 13.5 Å². The minimum Gasteiger partial charge on any atom is -0.508 e. The van der Waals surface area contributed by atoms with Crippen molar-refractivity contribution in [3.63, 3.8) is 0 Å². The lowest BCUT2D eigenvalue weighted by atomic mass is 10.1. The number of amides is 1. The number of nitrogen functional groups attached to an aromatic ring is 1. The Hall–Kier alpha value is -2.49. The van der Waals surface area contributed by atoms with Gasteiger partial charge >= 0.3 is 0 Å². The maximum absolute atomic E-state index is 12.3. The summed E-state index contributed by atoms with van der Waals surface area (Å²) in [6.45, 7) is 2.33. The first kappa shape index (κ1) is 13.9. The second-order valence-corrected chi connectivity index (χ2v) is 4.90. The van der Waals surface area contributed by atoms with Crippen LogP contribution in [0, 0.1) is 6.92 Å². The fraction of sp³-hybridized carbons (Fsp3) is 0.188. The highest BCUT2D eigenvalue weighted by molar-refractivity contribution is 5.95. The van der Waals surface area contributed by atoms with E-state index in [-0.39, 0.29) is 11.7 Å². The molecule has 0 saturated heterocycles. The second kappa shape index (κ2) is 5.65. The number of nitrogens with zero attached hydrogens (tertiary/aromatic N) is 1. The molecule has 0 spiro atoms. The maximum Gasteiger partial charge on any atom is 0.253 e. The molecule has 0 aliphatic carbocycles. The quantitative estimate of drug-likeness (QED) is 0.842. The second-order valence-electron chi connectivity index (χ2n) is 4.90. The summed E-state index contributed by atoms with van der Waals surface area (Å²) in [5, 5.41) is 9.43. The molecule has 0 heterocycles. The summed E-state index contributed by atoms with van der Waals surface area (Å²) in [6.07, 6.45) is 0. The fourth-order valence-corrected chi connectivity index (χ4v) is 1.99. The molecule has 0 saturated carbocycles. The lowest BCUT2D eigenvalue weighted by molar-refractivity contribution is 0.0785. The fourth-order valence-electron chi connectivity index (χ4n) is 1.99. The standard InChI is InChI=1S/C16H18N2O2/c1-11-6-7-13(9-15(11)17)16(20)18(2)10-12-4-3-5-14(19)8-12/h3-9,19H,10,17H2,1-2H3. The molecule has 0 fully saturated rings. The number of hydrogen-bond acceptors (Lipinski definition) is 3. The average Bonchev–Trinajstić information content (AvgIpc) is 2.41. The number of anilines is 1. The van der Waals surface area contributed by atoms with Crippen LogP contribution in [0.1, 0.15) is 21.5 Å². The molecule has 0 atom stereocenters. The smallest absolute Gasteiger partial charge is 0.253 e. The number of rotatable bonds is 3. The van der Waals surface area contributed by atoms with Gasteiger partial charge in [0.15, 0.2) is 0 Å². The first-order valence-corrected chi connectivity index (χ1v) is 6.37. The molecule has 2 rings (SSSR count). The molecule has 2 aromatic rings. The molecule has 2 aromatic carbocycles. The van der Waals surface area contributed by atoms with E-state index >= 15 is 0 Å². The Bertz CT molecular complexity index is 638. The van der Waals surface area contributed by atoms with Gasteiger partial charge in [-0.25, -0.2) is 0 Å². The van der Waals surface area contributed by atoms with Gasteiger partial charge in [-0.3, -0.25) is 4.79 Å². The number of carbonyl (C=O) groups is 1. The van der Waals surface area contributed by atoms with Crippen molar-refractivity contribution >= 4 is 11.6 Å². The van der Waals surface area contributed by atoms with Crippen LogP contribution in [0.25, 0.3) is 0 Å². The molecule has 4 heteroatoms. The zero-order valence-electron chi connectivity index (χ0n) is 11.6. The third-order valence-electron chi connectivity index (χ3n) is 3.20. The predicted octanol–water partition coefficient (Wildman–Crippen LogP) is 2.56. The Morgan fingerprint density at radius 3 is 2.65 bits per heavy atom. The Labute approximate surface area is 118 Å². The van der Waals surface area contributed by atoms with Crippen molar-refractivity contribution in [3.8, 4) is 5.75 Å². The largest absolute Gasteiger partial charge is 0.508 e. The average molecular weight is 270 g/mol. The number of nitrogens with two attached hydrogens (primary N) is 1. The molecule has 0 aliphatic heterocycles. The van der Waals surface area contributed by atoms with Crippen molar-refractivity contribution < 1.29 is 9.90 Å². The summed E-state index contributed by atoms with van der Waals surface area (Å²) in [4.78, 5) is 13.9. The van der Waals surface area contributed by atoms with Gasteiger partial charge < -0.3 is 15.7 Å². The zero-order valence-corrected chi connectivity index (χ0v) is 11.6. The van der Waals surface area contributed by atoms with Gasteiger partial charge in [-0.15, -0.1) is 0 Å². The summed E-state index contributed by atoms with van der Waals surface area (Å²) in [5.41, 5.74) is 8.84. The van der Waals surface area contributed by atoms with E-state index in [4.69, 9.17) is 5.73 Å². The molecule has 0 aliphatic rings. The van der Waals surface area contributed by atoms with Gasteiger partial charge in [0.25, 0.3) is 5.91 Å². The van der Waals surface area contributed by atoms with Crippen LogP contribution in [-0.2, 0) is 6.54 Å². The van der Waals surface area contributed by atoms with E-state index in [1.807, 2.05) is 19.1 Å². The molecule has 3 N–H and O–H groups in total. The van der Waals surface area contributed by atoms with Gasteiger partial charge in [-0.05, 0) is 42.3 Å². The molecule has 0 radical (unpaired) electrons. The van der Waals surface area contributed by atoms with E-state index in [0.29, 0.717) is 17.8 Å².